The zero-order valence-electron chi connectivity index (χ0n) is 13.8. The van der Waals surface area contributed by atoms with Crippen molar-refractivity contribution in [2.24, 2.45) is 0 Å². The summed E-state index contributed by atoms with van der Waals surface area (Å²) in [4.78, 5) is 0. The molecule has 0 spiro atoms. The summed E-state index contributed by atoms with van der Waals surface area (Å²) in [5.74, 6) is 2.70. The third kappa shape index (κ3) is 7.09. The van der Waals surface area contributed by atoms with Crippen molar-refractivity contribution in [2.45, 2.75) is 88.2 Å². The Morgan fingerprint density at radius 3 is 2.25 bits per heavy atom. The summed E-state index contributed by atoms with van der Waals surface area (Å²) in [7, 11) is 2.17. The van der Waals surface area contributed by atoms with Crippen LogP contribution < -0.4 is 5.32 Å². The molecular formula is C17H35NS2. The molecule has 1 rings (SSSR count). The molecule has 1 saturated heterocycles. The fraction of sp³-hybridized carbons (Fsp3) is 1.00. The standard InChI is InChI=1S/C17H35NS2/c1-4-6-7-8-9-10-11-12-15(18-3)17-16(5-2)19-13-14-20-17/h15-18H,4-14H2,1-3H3. The number of nitrogens with one attached hydrogen (secondary N) is 1. The highest BCUT2D eigenvalue weighted by Crippen LogP contribution is 2.36. The van der Waals surface area contributed by atoms with Gasteiger partial charge in [-0.25, -0.2) is 0 Å². The van der Waals surface area contributed by atoms with Crippen molar-refractivity contribution in [1.82, 2.24) is 5.32 Å². The van der Waals surface area contributed by atoms with E-state index in [4.69, 9.17) is 0 Å². The summed E-state index contributed by atoms with van der Waals surface area (Å²) in [5.41, 5.74) is 0. The quantitative estimate of drug-likeness (QED) is 0.516. The molecule has 1 aliphatic heterocycles. The molecule has 3 heteroatoms. The molecule has 0 aromatic carbocycles. The monoisotopic (exact) mass is 317 g/mol. The molecule has 0 radical (unpaired) electrons. The van der Waals surface area contributed by atoms with Crippen LogP contribution in [-0.4, -0.2) is 35.1 Å². The normalized spacial score (nSPS) is 24.8. The first-order valence-electron chi connectivity index (χ1n) is 8.73. The third-order valence-electron chi connectivity index (χ3n) is 4.38. The van der Waals surface area contributed by atoms with E-state index in [2.05, 4.69) is 49.7 Å². The zero-order valence-corrected chi connectivity index (χ0v) is 15.5. The highest BCUT2D eigenvalue weighted by molar-refractivity contribution is 8.07. The Morgan fingerprint density at radius 1 is 0.950 bits per heavy atom. The van der Waals surface area contributed by atoms with Crippen LogP contribution in [0.1, 0.15) is 71.6 Å². The molecule has 3 atom stereocenters. The summed E-state index contributed by atoms with van der Waals surface area (Å²) in [5, 5.41) is 5.32. The van der Waals surface area contributed by atoms with E-state index in [9.17, 15) is 0 Å². The molecule has 0 bridgehead atoms. The van der Waals surface area contributed by atoms with E-state index >= 15 is 0 Å². The second-order valence-electron chi connectivity index (χ2n) is 5.96. The van der Waals surface area contributed by atoms with Gasteiger partial charge in [-0.15, -0.1) is 0 Å². The average Bonchev–Trinajstić information content (AvgIpc) is 2.50. The lowest BCUT2D eigenvalue weighted by molar-refractivity contribution is 0.457. The van der Waals surface area contributed by atoms with Gasteiger partial charge in [0.25, 0.3) is 0 Å². The minimum absolute atomic E-state index is 0.730. The van der Waals surface area contributed by atoms with Crippen LogP contribution in [0.15, 0.2) is 0 Å². The second-order valence-corrected chi connectivity index (χ2v) is 8.59. The first-order chi connectivity index (χ1) is 9.83. The average molecular weight is 318 g/mol. The molecule has 0 aliphatic carbocycles. The Morgan fingerprint density at radius 2 is 1.60 bits per heavy atom. The first-order valence-corrected chi connectivity index (χ1v) is 10.8. The van der Waals surface area contributed by atoms with E-state index in [1.54, 1.807) is 0 Å². The van der Waals surface area contributed by atoms with Crippen molar-refractivity contribution in [3.05, 3.63) is 0 Å². The molecule has 1 fully saturated rings. The van der Waals surface area contributed by atoms with Gasteiger partial charge in [-0.05, 0) is 19.9 Å². The third-order valence-corrected chi connectivity index (χ3v) is 7.79. The molecule has 3 unspecified atom stereocenters. The van der Waals surface area contributed by atoms with Crippen LogP contribution in [0.3, 0.4) is 0 Å². The maximum atomic E-state index is 3.61. The topological polar surface area (TPSA) is 12.0 Å². The molecular weight excluding hydrogens is 282 g/mol. The summed E-state index contributed by atoms with van der Waals surface area (Å²) >= 11 is 4.43. The fourth-order valence-electron chi connectivity index (χ4n) is 3.11. The molecule has 0 aromatic heterocycles. The van der Waals surface area contributed by atoms with E-state index in [0.717, 1.165) is 16.5 Å². The van der Waals surface area contributed by atoms with Crippen molar-refractivity contribution in [1.29, 1.82) is 0 Å². The molecule has 120 valence electrons. The van der Waals surface area contributed by atoms with Crippen LogP contribution in [0.4, 0.5) is 0 Å². The first kappa shape index (κ1) is 18.7. The summed E-state index contributed by atoms with van der Waals surface area (Å²) < 4.78 is 0. The van der Waals surface area contributed by atoms with Crippen molar-refractivity contribution in [3.63, 3.8) is 0 Å². The maximum Gasteiger partial charge on any atom is 0.0320 e. The van der Waals surface area contributed by atoms with Gasteiger partial charge in [-0.3, -0.25) is 0 Å². The highest BCUT2D eigenvalue weighted by atomic mass is 32.2. The number of rotatable bonds is 11. The zero-order chi connectivity index (χ0) is 14.6. The molecule has 1 aliphatic rings. The van der Waals surface area contributed by atoms with E-state index in [1.165, 1.54) is 69.3 Å². The van der Waals surface area contributed by atoms with Gasteiger partial charge in [0.2, 0.25) is 0 Å². The van der Waals surface area contributed by atoms with Crippen LogP contribution in [0, 0.1) is 0 Å². The summed E-state index contributed by atoms with van der Waals surface area (Å²) in [6.45, 7) is 4.65. The summed E-state index contributed by atoms with van der Waals surface area (Å²) in [6, 6.07) is 0.730. The molecule has 0 aromatic rings. The highest BCUT2D eigenvalue weighted by Gasteiger charge is 2.30. The molecule has 1 heterocycles. The smallest absolute Gasteiger partial charge is 0.0320 e. The lowest BCUT2D eigenvalue weighted by Gasteiger charge is -2.36. The Kier molecular flexibility index (Phi) is 11.4. The minimum atomic E-state index is 0.730. The molecule has 0 saturated carbocycles. The van der Waals surface area contributed by atoms with Gasteiger partial charge >= 0.3 is 0 Å². The van der Waals surface area contributed by atoms with Crippen LogP contribution in [0.5, 0.6) is 0 Å². The lowest BCUT2D eigenvalue weighted by atomic mass is 10.0. The predicted molar refractivity (Wildman–Crippen MR) is 98.2 cm³/mol. The van der Waals surface area contributed by atoms with E-state index in [-0.39, 0.29) is 0 Å². The Labute approximate surface area is 135 Å². The maximum absolute atomic E-state index is 3.61. The molecule has 1 nitrogen and oxygen atoms in total. The minimum Gasteiger partial charge on any atom is -0.316 e. The van der Waals surface area contributed by atoms with Gasteiger partial charge in [0, 0.05) is 28.0 Å². The second kappa shape index (κ2) is 12.2. The molecule has 0 amide bonds. The van der Waals surface area contributed by atoms with Crippen molar-refractivity contribution >= 4 is 23.5 Å². The number of unbranched alkanes of at least 4 members (excludes halogenated alkanes) is 6. The van der Waals surface area contributed by atoms with Gasteiger partial charge in [-0.1, -0.05) is 58.8 Å². The Hall–Kier alpha value is 0.660. The van der Waals surface area contributed by atoms with E-state index in [0.29, 0.717) is 0 Å². The van der Waals surface area contributed by atoms with Crippen LogP contribution in [0.25, 0.3) is 0 Å². The van der Waals surface area contributed by atoms with Crippen molar-refractivity contribution in [2.75, 3.05) is 18.6 Å². The van der Waals surface area contributed by atoms with Gasteiger partial charge in [0.05, 0.1) is 0 Å². The summed E-state index contributed by atoms with van der Waals surface area (Å²) in [6.07, 6.45) is 12.7. The van der Waals surface area contributed by atoms with Gasteiger partial charge in [0.1, 0.15) is 0 Å². The number of hydrogen-bond donors (Lipinski definition) is 1. The molecule has 20 heavy (non-hydrogen) atoms. The van der Waals surface area contributed by atoms with Crippen LogP contribution >= 0.6 is 23.5 Å². The number of thioether (sulfide) groups is 2. The van der Waals surface area contributed by atoms with Crippen molar-refractivity contribution in [3.8, 4) is 0 Å². The Bertz CT molecular complexity index is 223. The fourth-order valence-corrected chi connectivity index (χ4v) is 6.45. The number of hydrogen-bond acceptors (Lipinski definition) is 3. The largest absolute Gasteiger partial charge is 0.316 e. The van der Waals surface area contributed by atoms with Gasteiger partial charge < -0.3 is 5.32 Å². The van der Waals surface area contributed by atoms with Crippen LogP contribution in [-0.2, 0) is 0 Å². The van der Waals surface area contributed by atoms with E-state index < -0.39 is 0 Å². The SMILES string of the molecule is CCCCCCCCCC(NC)C1SCCSC1CC. The lowest BCUT2D eigenvalue weighted by Crippen LogP contribution is -2.43. The van der Waals surface area contributed by atoms with E-state index in [1.807, 2.05) is 0 Å². The van der Waals surface area contributed by atoms with Crippen molar-refractivity contribution < 1.29 is 0 Å². The molecule has 1 N–H and O–H groups in total. The van der Waals surface area contributed by atoms with Gasteiger partial charge in [-0.2, -0.15) is 23.5 Å². The predicted octanol–water partition coefficient (Wildman–Crippen LogP) is 5.34. The Balaban J connectivity index is 2.17. The van der Waals surface area contributed by atoms with Gasteiger partial charge in [0.15, 0.2) is 0 Å². The van der Waals surface area contributed by atoms with Crippen LogP contribution in [0.2, 0.25) is 0 Å².